The van der Waals surface area contributed by atoms with Crippen molar-refractivity contribution in [2.45, 2.75) is 12.8 Å². The summed E-state index contributed by atoms with van der Waals surface area (Å²) in [5.41, 5.74) is 2.89. The molecule has 0 fully saturated rings. The van der Waals surface area contributed by atoms with Crippen molar-refractivity contribution in [1.82, 2.24) is 4.73 Å². The van der Waals surface area contributed by atoms with Crippen LogP contribution < -0.4 is 0 Å². The molecule has 0 saturated carbocycles. The van der Waals surface area contributed by atoms with Crippen molar-refractivity contribution in [3.05, 3.63) is 59.8 Å². The Morgan fingerprint density at radius 2 is 1.58 bits per heavy atom. The largest absolute Gasteiger partial charge is 0.481 e. The highest BCUT2D eigenvalue weighted by molar-refractivity contribution is 5.95. The van der Waals surface area contributed by atoms with Crippen molar-refractivity contribution < 1.29 is 25.0 Å². The first-order valence-corrected chi connectivity index (χ1v) is 7.35. The minimum absolute atomic E-state index is 0.0846. The SMILES string of the molecule is O=C(O)CCc1ccc(-c2ccc3cc(C(=O)O)n(O)c3c2)cc1. The maximum Gasteiger partial charge on any atom is 0.356 e. The van der Waals surface area contributed by atoms with Crippen molar-refractivity contribution in [2.75, 3.05) is 0 Å². The predicted octanol–water partition coefficient (Wildman–Crippen LogP) is 3.26. The number of aromatic carboxylic acids is 1. The van der Waals surface area contributed by atoms with E-state index >= 15 is 0 Å². The molecule has 3 N–H and O–H groups in total. The Balaban J connectivity index is 1.93. The van der Waals surface area contributed by atoms with Gasteiger partial charge in [-0.3, -0.25) is 4.79 Å². The van der Waals surface area contributed by atoms with Gasteiger partial charge in [-0.15, -0.1) is 0 Å². The van der Waals surface area contributed by atoms with Gasteiger partial charge in [0.1, 0.15) is 0 Å². The number of fused-ring (bicyclic) bond motifs is 1. The molecule has 3 aromatic rings. The van der Waals surface area contributed by atoms with E-state index in [4.69, 9.17) is 10.2 Å². The summed E-state index contributed by atoms with van der Waals surface area (Å²) in [7, 11) is 0. The number of benzene rings is 2. The standard InChI is InChI=1S/C18H15NO5/c20-17(21)8-3-11-1-4-12(5-2-11)13-6-7-14-10-16(18(22)23)19(24)15(14)9-13/h1-2,4-7,9-10,24H,3,8H2,(H,20,21)(H,22,23). The van der Waals surface area contributed by atoms with Gasteiger partial charge >= 0.3 is 11.9 Å². The summed E-state index contributed by atoms with van der Waals surface area (Å²) in [4.78, 5) is 21.7. The Morgan fingerprint density at radius 1 is 0.917 bits per heavy atom. The highest BCUT2D eigenvalue weighted by Gasteiger charge is 2.14. The highest BCUT2D eigenvalue weighted by atomic mass is 16.5. The number of rotatable bonds is 5. The smallest absolute Gasteiger partial charge is 0.356 e. The lowest BCUT2D eigenvalue weighted by atomic mass is 10.0. The number of aromatic nitrogens is 1. The van der Waals surface area contributed by atoms with Crippen LogP contribution in [0.15, 0.2) is 48.5 Å². The summed E-state index contributed by atoms with van der Waals surface area (Å²) in [5, 5.41) is 28.4. The second-order valence-corrected chi connectivity index (χ2v) is 5.51. The number of hydrogen-bond acceptors (Lipinski definition) is 3. The van der Waals surface area contributed by atoms with E-state index in [1.807, 2.05) is 30.3 Å². The van der Waals surface area contributed by atoms with E-state index in [9.17, 15) is 14.8 Å². The molecule has 0 radical (unpaired) electrons. The predicted molar refractivity (Wildman–Crippen MR) is 87.5 cm³/mol. The molecular formula is C18H15NO5. The van der Waals surface area contributed by atoms with E-state index in [0.717, 1.165) is 16.7 Å². The molecular weight excluding hydrogens is 310 g/mol. The highest BCUT2D eigenvalue weighted by Crippen LogP contribution is 2.26. The molecule has 1 aromatic heterocycles. The fourth-order valence-electron chi connectivity index (χ4n) is 2.63. The molecule has 1 heterocycles. The topological polar surface area (TPSA) is 99.8 Å². The molecule has 0 amide bonds. The summed E-state index contributed by atoms with van der Waals surface area (Å²) in [5.74, 6) is -2.03. The molecule has 0 saturated heterocycles. The van der Waals surface area contributed by atoms with Gasteiger partial charge in [0, 0.05) is 11.8 Å². The number of carboxylic acids is 2. The Kier molecular flexibility index (Phi) is 3.95. The van der Waals surface area contributed by atoms with E-state index < -0.39 is 11.9 Å². The van der Waals surface area contributed by atoms with Crippen molar-refractivity contribution in [3.8, 4) is 11.1 Å². The average Bonchev–Trinajstić information content (AvgIpc) is 2.90. The first-order valence-electron chi connectivity index (χ1n) is 7.35. The van der Waals surface area contributed by atoms with Crippen LogP contribution in [0.5, 0.6) is 0 Å². The molecule has 0 unspecified atom stereocenters. The molecule has 24 heavy (non-hydrogen) atoms. The number of hydrogen-bond donors (Lipinski definition) is 3. The molecule has 6 nitrogen and oxygen atoms in total. The third-order valence-corrected chi connectivity index (χ3v) is 3.91. The van der Waals surface area contributed by atoms with Gasteiger partial charge in [0.05, 0.1) is 5.52 Å². The van der Waals surface area contributed by atoms with Crippen LogP contribution in [0.4, 0.5) is 0 Å². The van der Waals surface area contributed by atoms with Gasteiger partial charge in [0.25, 0.3) is 0 Å². The maximum absolute atomic E-state index is 11.1. The third kappa shape index (κ3) is 2.94. The molecule has 0 aliphatic carbocycles. The fraction of sp³-hybridized carbons (Fsp3) is 0.111. The average molecular weight is 325 g/mol. The summed E-state index contributed by atoms with van der Waals surface area (Å²) >= 11 is 0. The summed E-state index contributed by atoms with van der Waals surface area (Å²) in [6, 6.07) is 14.2. The van der Waals surface area contributed by atoms with E-state index in [0.29, 0.717) is 22.1 Å². The van der Waals surface area contributed by atoms with Crippen molar-refractivity contribution in [1.29, 1.82) is 0 Å². The molecule has 0 atom stereocenters. The van der Waals surface area contributed by atoms with Crippen molar-refractivity contribution >= 4 is 22.8 Å². The molecule has 6 heteroatoms. The van der Waals surface area contributed by atoms with E-state index in [-0.39, 0.29) is 12.1 Å². The van der Waals surface area contributed by atoms with Gasteiger partial charge in [-0.2, -0.15) is 4.73 Å². The maximum atomic E-state index is 11.1. The van der Waals surface area contributed by atoms with Gasteiger partial charge in [0.2, 0.25) is 0 Å². The normalized spacial score (nSPS) is 10.8. The van der Waals surface area contributed by atoms with Gasteiger partial charge in [0.15, 0.2) is 5.69 Å². The minimum atomic E-state index is -1.20. The van der Waals surface area contributed by atoms with Crippen LogP contribution in [0.2, 0.25) is 0 Å². The summed E-state index contributed by atoms with van der Waals surface area (Å²) in [6.07, 6.45) is 0.553. The van der Waals surface area contributed by atoms with Crippen LogP contribution >= 0.6 is 0 Å². The van der Waals surface area contributed by atoms with E-state index in [2.05, 4.69) is 0 Å². The number of aryl methyl sites for hydroxylation is 1. The van der Waals surface area contributed by atoms with Crippen LogP contribution in [0.1, 0.15) is 22.5 Å². The summed E-state index contributed by atoms with van der Waals surface area (Å²) in [6.45, 7) is 0. The third-order valence-electron chi connectivity index (χ3n) is 3.91. The van der Waals surface area contributed by atoms with Crippen molar-refractivity contribution in [2.24, 2.45) is 0 Å². The Morgan fingerprint density at radius 3 is 2.21 bits per heavy atom. The zero-order valence-electron chi connectivity index (χ0n) is 12.6. The molecule has 0 aliphatic heterocycles. The number of nitrogens with zero attached hydrogens (tertiary/aromatic N) is 1. The number of aliphatic carboxylic acids is 1. The summed E-state index contributed by atoms with van der Waals surface area (Å²) < 4.78 is 0.669. The fourth-order valence-corrected chi connectivity index (χ4v) is 2.63. The first kappa shape index (κ1) is 15.6. The van der Waals surface area contributed by atoms with Crippen LogP contribution in [0.25, 0.3) is 22.0 Å². The number of carbonyl (C=O) groups is 2. The molecule has 0 bridgehead atoms. The molecule has 0 aliphatic rings. The van der Waals surface area contributed by atoms with Gasteiger partial charge in [-0.1, -0.05) is 36.4 Å². The van der Waals surface area contributed by atoms with Crippen LogP contribution in [-0.4, -0.2) is 32.1 Å². The lowest BCUT2D eigenvalue weighted by Gasteiger charge is -2.05. The zero-order valence-corrected chi connectivity index (χ0v) is 12.6. The van der Waals surface area contributed by atoms with Gasteiger partial charge in [-0.25, -0.2) is 4.79 Å². The van der Waals surface area contributed by atoms with Gasteiger partial charge in [-0.05, 0) is 35.2 Å². The van der Waals surface area contributed by atoms with E-state index in [1.54, 1.807) is 12.1 Å². The molecule has 122 valence electrons. The lowest BCUT2D eigenvalue weighted by Crippen LogP contribution is -2.04. The Labute approximate surface area is 137 Å². The van der Waals surface area contributed by atoms with Gasteiger partial charge < -0.3 is 15.4 Å². The zero-order chi connectivity index (χ0) is 17.3. The van der Waals surface area contributed by atoms with Crippen LogP contribution in [-0.2, 0) is 11.2 Å². The van der Waals surface area contributed by atoms with Crippen LogP contribution in [0, 0.1) is 0 Å². The minimum Gasteiger partial charge on any atom is -0.481 e. The molecule has 3 rings (SSSR count). The quantitative estimate of drug-likeness (QED) is 0.625. The molecule has 2 aromatic carbocycles. The molecule has 0 spiro atoms. The second kappa shape index (κ2) is 6.08. The lowest BCUT2D eigenvalue weighted by molar-refractivity contribution is -0.136. The first-order chi connectivity index (χ1) is 11.5. The van der Waals surface area contributed by atoms with E-state index in [1.165, 1.54) is 6.07 Å². The van der Waals surface area contributed by atoms with Crippen molar-refractivity contribution in [3.63, 3.8) is 0 Å². The Hall–Kier alpha value is -3.28. The number of carboxylic acid groups (broad SMARTS) is 2. The van der Waals surface area contributed by atoms with Crippen LogP contribution in [0.3, 0.4) is 0 Å². The monoisotopic (exact) mass is 325 g/mol. The Bertz CT molecular complexity index is 924. The second-order valence-electron chi connectivity index (χ2n) is 5.51.